The number of aromatic nitrogens is 5. The Kier molecular flexibility index (Phi) is 3.26. The second kappa shape index (κ2) is 5.02. The Morgan fingerprint density at radius 2 is 2.17 bits per heavy atom. The molecule has 7 nitrogen and oxygen atoms in total. The van der Waals surface area contributed by atoms with Crippen molar-refractivity contribution in [2.24, 2.45) is 0 Å². The third-order valence-electron chi connectivity index (χ3n) is 2.49. The Morgan fingerprint density at radius 1 is 1.33 bits per heavy atom. The average Bonchev–Trinajstić information content (AvgIpc) is 2.82. The Hall–Kier alpha value is -2.80. The molecule has 0 unspecified atom stereocenters. The molecule has 0 aliphatic rings. The smallest absolute Gasteiger partial charge is 0.171 e. The molecule has 0 aliphatic carbocycles. The van der Waals surface area contributed by atoms with Gasteiger partial charge in [-0.2, -0.15) is 10.5 Å². The summed E-state index contributed by atoms with van der Waals surface area (Å²) >= 11 is 0. The molecule has 0 aliphatic heterocycles. The number of imidazole rings is 1. The number of aryl methyl sites for hydroxylation is 1. The first kappa shape index (κ1) is 11.7. The summed E-state index contributed by atoms with van der Waals surface area (Å²) in [5, 5.41) is 28.9. The summed E-state index contributed by atoms with van der Waals surface area (Å²) in [7, 11) is 0. The van der Waals surface area contributed by atoms with Crippen molar-refractivity contribution in [1.29, 1.82) is 10.5 Å². The molecule has 0 N–H and O–H groups in total. The molecule has 0 atom stereocenters. The lowest BCUT2D eigenvalue weighted by Crippen LogP contribution is -2.10. The minimum Gasteiger partial charge on any atom is -0.286 e. The predicted octanol–water partition coefficient (Wildman–Crippen LogP) is 0.694. The second-order valence-corrected chi connectivity index (χ2v) is 3.55. The van der Waals surface area contributed by atoms with Gasteiger partial charge in [-0.3, -0.25) is 4.57 Å². The fourth-order valence-electron chi connectivity index (χ4n) is 1.63. The highest BCUT2D eigenvalue weighted by Crippen LogP contribution is 2.16. The zero-order valence-electron chi connectivity index (χ0n) is 9.70. The molecule has 0 radical (unpaired) electrons. The Balaban J connectivity index is 2.57. The van der Waals surface area contributed by atoms with E-state index in [9.17, 15) is 0 Å². The molecular formula is C11H9N7. The number of rotatable bonds is 3. The van der Waals surface area contributed by atoms with Crippen molar-refractivity contribution >= 4 is 0 Å². The fraction of sp³-hybridized carbons (Fsp3) is 0.273. The molecule has 0 amide bonds. The molecule has 88 valence electrons. The van der Waals surface area contributed by atoms with Crippen LogP contribution in [0.15, 0.2) is 12.4 Å². The van der Waals surface area contributed by atoms with Gasteiger partial charge in [0.1, 0.15) is 11.9 Å². The summed E-state index contributed by atoms with van der Waals surface area (Å²) in [6.07, 6.45) is 4.08. The molecule has 18 heavy (non-hydrogen) atoms. The third kappa shape index (κ3) is 2.02. The van der Waals surface area contributed by atoms with Gasteiger partial charge < -0.3 is 0 Å². The fourth-order valence-corrected chi connectivity index (χ4v) is 1.63. The summed E-state index contributed by atoms with van der Waals surface area (Å²) < 4.78 is 1.72. The second-order valence-electron chi connectivity index (χ2n) is 3.55. The molecular weight excluding hydrogens is 230 g/mol. The molecule has 0 aromatic carbocycles. The van der Waals surface area contributed by atoms with Crippen molar-refractivity contribution in [3.05, 3.63) is 29.5 Å². The van der Waals surface area contributed by atoms with Crippen LogP contribution in [0.5, 0.6) is 0 Å². The Bertz CT molecular complexity index is 644. The van der Waals surface area contributed by atoms with Gasteiger partial charge in [-0.05, 0) is 18.6 Å². The van der Waals surface area contributed by atoms with Crippen LogP contribution in [0.25, 0.3) is 5.82 Å². The van der Waals surface area contributed by atoms with E-state index in [0.717, 1.165) is 5.82 Å². The lowest BCUT2D eigenvalue weighted by atomic mass is 10.1. The van der Waals surface area contributed by atoms with Crippen molar-refractivity contribution in [1.82, 2.24) is 25.0 Å². The number of nitriles is 2. The lowest BCUT2D eigenvalue weighted by molar-refractivity contribution is 0.767. The van der Waals surface area contributed by atoms with Gasteiger partial charge in [0.25, 0.3) is 0 Å². The minimum absolute atomic E-state index is 0.198. The van der Waals surface area contributed by atoms with Crippen LogP contribution in [0.4, 0.5) is 0 Å². The largest absolute Gasteiger partial charge is 0.286 e. The molecule has 0 saturated heterocycles. The van der Waals surface area contributed by atoms with E-state index in [4.69, 9.17) is 10.5 Å². The van der Waals surface area contributed by atoms with Crippen LogP contribution in [0.2, 0.25) is 0 Å². The average molecular weight is 239 g/mol. The van der Waals surface area contributed by atoms with Crippen molar-refractivity contribution in [2.45, 2.75) is 19.8 Å². The summed E-state index contributed by atoms with van der Waals surface area (Å²) in [5.41, 5.74) is 0.818. The molecule has 2 aromatic heterocycles. The molecule has 0 fully saturated rings. The van der Waals surface area contributed by atoms with E-state index in [1.807, 2.05) is 19.1 Å². The van der Waals surface area contributed by atoms with E-state index < -0.39 is 0 Å². The molecule has 2 heterocycles. The third-order valence-corrected chi connectivity index (χ3v) is 2.49. The normalized spacial score (nSPS) is 9.72. The van der Waals surface area contributed by atoms with Crippen molar-refractivity contribution in [2.75, 3.05) is 0 Å². The van der Waals surface area contributed by atoms with Gasteiger partial charge in [0.05, 0.1) is 6.07 Å². The van der Waals surface area contributed by atoms with Gasteiger partial charge in [-0.25, -0.2) is 4.98 Å². The van der Waals surface area contributed by atoms with E-state index in [1.54, 1.807) is 17.0 Å². The first-order valence-electron chi connectivity index (χ1n) is 5.27. The monoisotopic (exact) mass is 239 g/mol. The van der Waals surface area contributed by atoms with Crippen LogP contribution < -0.4 is 0 Å². The zero-order valence-corrected chi connectivity index (χ0v) is 9.70. The van der Waals surface area contributed by atoms with Gasteiger partial charge in [-0.15, -0.1) is 10.2 Å². The zero-order chi connectivity index (χ0) is 13.0. The summed E-state index contributed by atoms with van der Waals surface area (Å²) in [6.45, 7) is 1.82. The van der Waals surface area contributed by atoms with Crippen LogP contribution in [-0.4, -0.2) is 25.0 Å². The quantitative estimate of drug-likeness (QED) is 0.780. The molecule has 2 rings (SSSR count). The Morgan fingerprint density at radius 3 is 2.78 bits per heavy atom. The SMILES string of the molecule is Cc1nccn1-c1nnnc(C#N)c1CCC#N. The van der Waals surface area contributed by atoms with Gasteiger partial charge in [0.15, 0.2) is 11.5 Å². The van der Waals surface area contributed by atoms with Crippen molar-refractivity contribution < 1.29 is 0 Å². The maximum Gasteiger partial charge on any atom is 0.171 e. The van der Waals surface area contributed by atoms with E-state index >= 15 is 0 Å². The van der Waals surface area contributed by atoms with E-state index in [2.05, 4.69) is 20.4 Å². The topological polar surface area (TPSA) is 104 Å². The van der Waals surface area contributed by atoms with Crippen molar-refractivity contribution in [3.63, 3.8) is 0 Å². The summed E-state index contributed by atoms with van der Waals surface area (Å²) in [6, 6.07) is 4.01. The molecule has 2 aromatic rings. The maximum atomic E-state index is 9.02. The lowest BCUT2D eigenvalue weighted by Gasteiger charge is -2.08. The maximum absolute atomic E-state index is 9.02. The molecule has 0 spiro atoms. The number of hydrogen-bond donors (Lipinski definition) is 0. The first-order valence-corrected chi connectivity index (χ1v) is 5.27. The van der Waals surface area contributed by atoms with Crippen LogP contribution in [0.3, 0.4) is 0 Å². The first-order chi connectivity index (χ1) is 8.77. The highest BCUT2D eigenvalue weighted by Gasteiger charge is 2.14. The van der Waals surface area contributed by atoms with Gasteiger partial charge in [0.2, 0.25) is 0 Å². The standard InChI is InChI=1S/C11H9N7/c1-8-14-5-6-18(8)11-9(3-2-4-12)10(7-13)15-17-16-11/h5-6H,2-3H2,1H3. The number of hydrogen-bond acceptors (Lipinski definition) is 6. The summed E-state index contributed by atoms with van der Waals surface area (Å²) in [4.78, 5) is 4.10. The van der Waals surface area contributed by atoms with Crippen LogP contribution in [0.1, 0.15) is 23.5 Å². The van der Waals surface area contributed by atoms with Gasteiger partial charge in [-0.1, -0.05) is 0 Å². The van der Waals surface area contributed by atoms with E-state index in [-0.39, 0.29) is 5.69 Å². The van der Waals surface area contributed by atoms with E-state index in [0.29, 0.717) is 24.2 Å². The molecule has 7 heteroatoms. The van der Waals surface area contributed by atoms with Crippen LogP contribution >= 0.6 is 0 Å². The van der Waals surface area contributed by atoms with E-state index in [1.165, 1.54) is 0 Å². The van der Waals surface area contributed by atoms with Crippen molar-refractivity contribution in [3.8, 4) is 18.0 Å². The summed E-state index contributed by atoms with van der Waals surface area (Å²) in [5.74, 6) is 1.24. The molecule has 0 saturated carbocycles. The van der Waals surface area contributed by atoms with Crippen LogP contribution in [-0.2, 0) is 6.42 Å². The number of nitrogens with zero attached hydrogens (tertiary/aromatic N) is 7. The predicted molar refractivity (Wildman–Crippen MR) is 60.3 cm³/mol. The highest BCUT2D eigenvalue weighted by molar-refractivity contribution is 5.42. The molecule has 0 bridgehead atoms. The highest BCUT2D eigenvalue weighted by atomic mass is 15.3. The minimum atomic E-state index is 0.198. The van der Waals surface area contributed by atoms with Gasteiger partial charge >= 0.3 is 0 Å². The Labute approximate surface area is 103 Å². The van der Waals surface area contributed by atoms with Crippen LogP contribution in [0, 0.1) is 29.6 Å². The van der Waals surface area contributed by atoms with Gasteiger partial charge in [0, 0.05) is 24.4 Å².